The van der Waals surface area contributed by atoms with Gasteiger partial charge in [-0.3, -0.25) is 9.59 Å². The van der Waals surface area contributed by atoms with E-state index in [1.54, 1.807) is 36.4 Å². The van der Waals surface area contributed by atoms with Crippen molar-refractivity contribution in [2.24, 2.45) is 11.8 Å². The Morgan fingerprint density at radius 3 is 2.22 bits per heavy atom. The van der Waals surface area contributed by atoms with Crippen molar-refractivity contribution in [1.29, 1.82) is 0 Å². The second-order valence-electron chi connectivity index (χ2n) is 9.94. The fraction of sp³-hybridized carbons (Fsp3) is 0.500. The number of unbranched alkanes of at least 4 members (excludes halogenated alkanes) is 1. The van der Waals surface area contributed by atoms with Crippen LogP contribution in [0.5, 0.6) is 5.75 Å². The molecule has 8 nitrogen and oxygen atoms in total. The van der Waals surface area contributed by atoms with Crippen molar-refractivity contribution < 1.29 is 22.7 Å². The van der Waals surface area contributed by atoms with Crippen LogP contribution in [0.4, 0.5) is 5.69 Å². The van der Waals surface area contributed by atoms with E-state index in [1.807, 2.05) is 32.9 Å². The molecular formula is C28H39N3O5S. The van der Waals surface area contributed by atoms with Gasteiger partial charge in [-0.2, -0.15) is 4.31 Å². The number of hydrogen-bond donors (Lipinski definition) is 2. The number of rotatable bonds is 11. The number of carbonyl (C=O) groups is 2. The lowest BCUT2D eigenvalue weighted by molar-refractivity contribution is -0.130. The van der Waals surface area contributed by atoms with E-state index >= 15 is 0 Å². The Morgan fingerprint density at radius 1 is 1.03 bits per heavy atom. The zero-order valence-electron chi connectivity index (χ0n) is 22.2. The summed E-state index contributed by atoms with van der Waals surface area (Å²) in [5.41, 5.74) is 1.62. The molecular weight excluding hydrogens is 490 g/mol. The van der Waals surface area contributed by atoms with E-state index in [2.05, 4.69) is 17.6 Å². The van der Waals surface area contributed by atoms with Gasteiger partial charge in [0.05, 0.1) is 11.5 Å². The highest BCUT2D eigenvalue weighted by molar-refractivity contribution is 7.89. The van der Waals surface area contributed by atoms with E-state index in [-0.39, 0.29) is 41.6 Å². The third-order valence-corrected chi connectivity index (χ3v) is 8.53. The summed E-state index contributed by atoms with van der Waals surface area (Å²) in [5.74, 6) is -0.236. The van der Waals surface area contributed by atoms with Crippen molar-refractivity contribution in [2.45, 2.75) is 64.3 Å². The molecule has 1 heterocycles. The van der Waals surface area contributed by atoms with Crippen LogP contribution in [0.1, 0.15) is 52.0 Å². The summed E-state index contributed by atoms with van der Waals surface area (Å²) in [6.45, 7) is 8.95. The van der Waals surface area contributed by atoms with E-state index in [4.69, 9.17) is 4.74 Å². The number of amides is 2. The summed E-state index contributed by atoms with van der Waals surface area (Å²) in [6.07, 6.45) is 2.85. The summed E-state index contributed by atoms with van der Waals surface area (Å²) in [5, 5.41) is 5.78. The van der Waals surface area contributed by atoms with Gasteiger partial charge in [0.25, 0.3) is 0 Å². The van der Waals surface area contributed by atoms with Crippen molar-refractivity contribution >= 4 is 27.5 Å². The summed E-state index contributed by atoms with van der Waals surface area (Å²) >= 11 is 0. The van der Waals surface area contributed by atoms with Crippen LogP contribution in [-0.4, -0.2) is 50.3 Å². The first-order chi connectivity index (χ1) is 17.6. The van der Waals surface area contributed by atoms with Gasteiger partial charge in [0.1, 0.15) is 11.8 Å². The first-order valence-electron chi connectivity index (χ1n) is 13.0. The normalized spacial score (nSPS) is 15.8. The second-order valence-corrected chi connectivity index (χ2v) is 11.9. The molecule has 0 saturated carbocycles. The lowest BCUT2D eigenvalue weighted by atomic mass is 9.95. The van der Waals surface area contributed by atoms with Gasteiger partial charge in [-0.05, 0) is 68.5 Å². The Morgan fingerprint density at radius 2 is 1.65 bits per heavy atom. The summed E-state index contributed by atoms with van der Waals surface area (Å²) in [4.78, 5) is 26.3. The lowest BCUT2D eigenvalue weighted by Crippen LogP contribution is -2.50. The van der Waals surface area contributed by atoms with Crippen molar-refractivity contribution in [1.82, 2.24) is 9.62 Å². The highest BCUT2D eigenvalue weighted by atomic mass is 32.2. The molecule has 37 heavy (non-hydrogen) atoms. The zero-order chi connectivity index (χ0) is 27.0. The van der Waals surface area contributed by atoms with Crippen molar-refractivity contribution in [3.8, 4) is 5.75 Å². The minimum Gasteiger partial charge on any atom is -0.494 e. The van der Waals surface area contributed by atoms with Crippen LogP contribution in [0.15, 0.2) is 53.4 Å². The molecule has 1 atom stereocenters. The van der Waals surface area contributed by atoms with E-state index in [0.29, 0.717) is 25.1 Å². The number of nitrogens with one attached hydrogen (secondary N) is 2. The minimum absolute atomic E-state index is 0.123. The van der Waals surface area contributed by atoms with Crippen LogP contribution in [-0.2, 0) is 19.6 Å². The highest BCUT2D eigenvalue weighted by Gasteiger charge is 2.34. The van der Waals surface area contributed by atoms with Crippen LogP contribution >= 0.6 is 0 Å². The number of carbonyl (C=O) groups excluding carboxylic acids is 2. The third kappa shape index (κ3) is 7.79. The fourth-order valence-electron chi connectivity index (χ4n) is 4.21. The first kappa shape index (κ1) is 28.7. The Balaban J connectivity index is 1.54. The molecule has 3 rings (SSSR count). The number of aryl methyl sites for hydroxylation is 1. The molecule has 0 radical (unpaired) electrons. The fourth-order valence-corrected chi connectivity index (χ4v) is 5.68. The molecule has 9 heteroatoms. The van der Waals surface area contributed by atoms with Gasteiger partial charge in [0.2, 0.25) is 21.8 Å². The highest BCUT2D eigenvalue weighted by Crippen LogP contribution is 2.25. The monoisotopic (exact) mass is 529 g/mol. The summed E-state index contributed by atoms with van der Waals surface area (Å²) in [7, 11) is -3.59. The predicted molar refractivity (Wildman–Crippen MR) is 145 cm³/mol. The number of nitrogens with zero attached hydrogens (tertiary/aromatic N) is 1. The van der Waals surface area contributed by atoms with Gasteiger partial charge < -0.3 is 15.4 Å². The predicted octanol–water partition coefficient (Wildman–Crippen LogP) is 4.35. The Hall–Kier alpha value is -2.91. The number of anilines is 1. The standard InChI is InChI=1S/C28H39N3O5S/c1-5-6-19-36-24-11-9-23(10-12-24)29-28(33)26(20(2)3)30-27(32)22-15-17-31(18-16-22)37(34,35)25-13-7-21(4)8-14-25/h7-14,20,22,26H,5-6,15-19H2,1-4H3,(H,29,33)(H,30,32)/t26-/m0/s1. The average Bonchev–Trinajstić information content (AvgIpc) is 2.88. The maximum absolute atomic E-state index is 13.0. The first-order valence-corrected chi connectivity index (χ1v) is 14.5. The van der Waals surface area contributed by atoms with Gasteiger partial charge in [0, 0.05) is 24.7 Å². The zero-order valence-corrected chi connectivity index (χ0v) is 23.0. The van der Waals surface area contributed by atoms with E-state index in [9.17, 15) is 18.0 Å². The summed E-state index contributed by atoms with van der Waals surface area (Å²) in [6, 6.07) is 13.3. The summed E-state index contributed by atoms with van der Waals surface area (Å²) < 4.78 is 33.0. The molecule has 202 valence electrons. The molecule has 1 saturated heterocycles. The van der Waals surface area contributed by atoms with Crippen LogP contribution in [0.3, 0.4) is 0 Å². The maximum Gasteiger partial charge on any atom is 0.247 e. The van der Waals surface area contributed by atoms with Crippen molar-refractivity contribution in [3.63, 3.8) is 0 Å². The molecule has 2 amide bonds. The van der Waals surface area contributed by atoms with Crippen molar-refractivity contribution in [3.05, 3.63) is 54.1 Å². The smallest absolute Gasteiger partial charge is 0.247 e. The molecule has 1 aliphatic heterocycles. The van der Waals surface area contributed by atoms with E-state index < -0.39 is 16.1 Å². The third-order valence-electron chi connectivity index (χ3n) is 6.62. The molecule has 2 N–H and O–H groups in total. The second kappa shape index (κ2) is 13.1. The van der Waals surface area contributed by atoms with Crippen LogP contribution in [0, 0.1) is 18.8 Å². The van der Waals surface area contributed by atoms with Gasteiger partial charge >= 0.3 is 0 Å². The molecule has 0 unspecified atom stereocenters. The topological polar surface area (TPSA) is 105 Å². The Kier molecular flexibility index (Phi) is 10.1. The number of hydrogen-bond acceptors (Lipinski definition) is 5. The largest absolute Gasteiger partial charge is 0.494 e. The Bertz CT molecular complexity index is 1140. The Labute approximate surface area is 220 Å². The van der Waals surface area contributed by atoms with E-state index in [1.165, 1.54) is 4.31 Å². The van der Waals surface area contributed by atoms with E-state index in [0.717, 1.165) is 24.2 Å². The quantitative estimate of drug-likeness (QED) is 0.421. The van der Waals surface area contributed by atoms with Crippen LogP contribution in [0.25, 0.3) is 0 Å². The average molecular weight is 530 g/mol. The van der Waals surface area contributed by atoms with Crippen molar-refractivity contribution in [2.75, 3.05) is 25.0 Å². The molecule has 1 aliphatic rings. The number of ether oxygens (including phenoxy) is 1. The molecule has 1 fully saturated rings. The van der Waals surface area contributed by atoms with Crippen LogP contribution in [0.2, 0.25) is 0 Å². The van der Waals surface area contributed by atoms with Gasteiger partial charge in [-0.15, -0.1) is 0 Å². The molecule has 0 aromatic heterocycles. The number of sulfonamides is 1. The molecule has 2 aromatic rings. The molecule has 0 bridgehead atoms. The molecule has 0 spiro atoms. The SMILES string of the molecule is CCCCOc1ccc(NC(=O)[C@@H](NC(=O)C2CCN(S(=O)(=O)c3ccc(C)cc3)CC2)C(C)C)cc1. The lowest BCUT2D eigenvalue weighted by Gasteiger charge is -2.32. The number of benzene rings is 2. The van der Waals surface area contributed by atoms with Crippen LogP contribution < -0.4 is 15.4 Å². The number of piperidine rings is 1. The van der Waals surface area contributed by atoms with Gasteiger partial charge in [-0.1, -0.05) is 44.9 Å². The molecule has 2 aromatic carbocycles. The maximum atomic E-state index is 13.0. The molecule has 0 aliphatic carbocycles. The van der Waals surface area contributed by atoms with Gasteiger partial charge in [-0.25, -0.2) is 8.42 Å². The minimum atomic E-state index is -3.59. The van der Waals surface area contributed by atoms with Gasteiger partial charge in [0.15, 0.2) is 0 Å².